The molecule has 3 aromatic rings. The number of rotatable bonds is 6. The summed E-state index contributed by atoms with van der Waals surface area (Å²) in [6.07, 6.45) is 10.2. The molecule has 1 aliphatic rings. The summed E-state index contributed by atoms with van der Waals surface area (Å²) in [5.74, 6) is 0.229. The van der Waals surface area contributed by atoms with Crippen molar-refractivity contribution in [1.29, 1.82) is 0 Å². The largest absolute Gasteiger partial charge is 0.507 e. The van der Waals surface area contributed by atoms with Crippen LogP contribution in [0.15, 0.2) is 121 Å². The zero-order valence-electron chi connectivity index (χ0n) is 26.9. The molecule has 0 spiro atoms. The molecule has 42 heavy (non-hydrogen) atoms. The zero-order valence-corrected chi connectivity index (χ0v) is 26.9. The van der Waals surface area contributed by atoms with Gasteiger partial charge < -0.3 is 10.0 Å². The van der Waals surface area contributed by atoms with E-state index in [1.165, 1.54) is 28.1 Å². The number of hydrogen-bond donors (Lipinski definition) is 1. The molecule has 0 radical (unpaired) electrons. The summed E-state index contributed by atoms with van der Waals surface area (Å²) >= 11 is 0. The maximum atomic E-state index is 11.2. The monoisotopic (exact) mass is 557 g/mol. The molecular weight excluding hydrogens is 510 g/mol. The maximum Gasteiger partial charge on any atom is 0.123 e. The van der Waals surface area contributed by atoms with Gasteiger partial charge in [-0.25, -0.2) is 0 Å². The molecule has 0 fully saturated rings. The van der Waals surface area contributed by atoms with Gasteiger partial charge in [0.15, 0.2) is 0 Å². The number of nitrogens with zero attached hydrogens (tertiary/aromatic N) is 1. The lowest BCUT2D eigenvalue weighted by Crippen LogP contribution is -2.22. The van der Waals surface area contributed by atoms with Crippen LogP contribution in [-0.2, 0) is 16.2 Å². The lowest BCUT2D eigenvalue weighted by molar-refractivity contribution is 0.512. The highest BCUT2D eigenvalue weighted by atomic mass is 16.3. The van der Waals surface area contributed by atoms with E-state index in [1.54, 1.807) is 0 Å². The molecule has 1 N–H and O–H groups in total. The Labute approximate surface area is 254 Å². The second-order valence-corrected chi connectivity index (χ2v) is 14.0. The molecule has 3 aromatic carbocycles. The number of benzene rings is 3. The van der Waals surface area contributed by atoms with Gasteiger partial charge in [-0.3, -0.25) is 0 Å². The molecule has 1 aliphatic heterocycles. The van der Waals surface area contributed by atoms with Crippen LogP contribution in [0.25, 0.3) is 11.3 Å². The summed E-state index contributed by atoms with van der Waals surface area (Å²) in [5, 5.41) is 11.2. The van der Waals surface area contributed by atoms with Crippen LogP contribution in [-0.4, -0.2) is 12.2 Å². The predicted octanol–water partition coefficient (Wildman–Crippen LogP) is 10.7. The van der Waals surface area contributed by atoms with E-state index in [1.807, 2.05) is 30.4 Å². The van der Waals surface area contributed by atoms with Crippen LogP contribution in [0.3, 0.4) is 0 Å². The van der Waals surface area contributed by atoms with Gasteiger partial charge in [-0.2, -0.15) is 0 Å². The fourth-order valence-electron chi connectivity index (χ4n) is 5.56. The molecule has 2 nitrogen and oxygen atoms in total. The first-order valence-electron chi connectivity index (χ1n) is 14.8. The number of aliphatic hydroxyl groups excluding tert-OH is 1. The molecule has 0 aliphatic carbocycles. The number of likely N-dealkylation sites (N-methyl/N-ethyl adjacent to an activating group) is 1. The van der Waals surface area contributed by atoms with Gasteiger partial charge in [0.1, 0.15) is 5.76 Å². The predicted molar refractivity (Wildman–Crippen MR) is 183 cm³/mol. The summed E-state index contributed by atoms with van der Waals surface area (Å²) in [7, 11) is 2.13. The summed E-state index contributed by atoms with van der Waals surface area (Å²) in [4.78, 5) is 2.27. The smallest absolute Gasteiger partial charge is 0.123 e. The third kappa shape index (κ3) is 6.71. The van der Waals surface area contributed by atoms with Crippen molar-refractivity contribution >= 4 is 17.0 Å². The molecule has 0 amide bonds. The molecule has 0 bridgehead atoms. The normalized spacial score (nSPS) is 16.8. The van der Waals surface area contributed by atoms with Crippen LogP contribution in [0.5, 0.6) is 0 Å². The van der Waals surface area contributed by atoms with E-state index in [-0.39, 0.29) is 22.0 Å². The summed E-state index contributed by atoms with van der Waals surface area (Å²) in [5.41, 5.74) is 9.95. The van der Waals surface area contributed by atoms with Gasteiger partial charge >= 0.3 is 0 Å². The topological polar surface area (TPSA) is 23.5 Å². The first-order chi connectivity index (χ1) is 19.6. The van der Waals surface area contributed by atoms with Gasteiger partial charge in [0.25, 0.3) is 0 Å². The van der Waals surface area contributed by atoms with Gasteiger partial charge in [0.2, 0.25) is 0 Å². The van der Waals surface area contributed by atoms with Crippen LogP contribution in [0.2, 0.25) is 0 Å². The molecule has 0 atom stereocenters. The van der Waals surface area contributed by atoms with E-state index in [9.17, 15) is 5.11 Å². The highest BCUT2D eigenvalue weighted by Crippen LogP contribution is 2.46. The lowest BCUT2D eigenvalue weighted by atomic mass is 9.84. The molecule has 0 aromatic heterocycles. The Kier molecular flexibility index (Phi) is 8.60. The Morgan fingerprint density at radius 3 is 1.81 bits per heavy atom. The minimum atomic E-state index is -0.0795. The molecule has 4 rings (SSSR count). The molecule has 0 unspecified atom stereocenters. The van der Waals surface area contributed by atoms with E-state index < -0.39 is 0 Å². The Morgan fingerprint density at radius 1 is 0.762 bits per heavy atom. The molecular formula is C40H47NO. The summed E-state index contributed by atoms with van der Waals surface area (Å²) < 4.78 is 0. The zero-order chi connectivity index (χ0) is 30.9. The first kappa shape index (κ1) is 30.9. The van der Waals surface area contributed by atoms with Crippen LogP contribution in [0.4, 0.5) is 5.69 Å². The van der Waals surface area contributed by atoms with Crippen molar-refractivity contribution in [2.45, 2.75) is 71.6 Å². The van der Waals surface area contributed by atoms with E-state index in [0.29, 0.717) is 0 Å². The maximum absolute atomic E-state index is 11.2. The van der Waals surface area contributed by atoms with Crippen molar-refractivity contribution < 1.29 is 5.11 Å². The Hall–Kier alpha value is -4.04. The van der Waals surface area contributed by atoms with E-state index >= 15 is 0 Å². The van der Waals surface area contributed by atoms with Crippen LogP contribution in [0.1, 0.15) is 83.2 Å². The van der Waals surface area contributed by atoms with Crippen molar-refractivity contribution in [2.75, 3.05) is 11.9 Å². The number of fused-ring (bicyclic) bond motifs is 1. The third-order valence-electron chi connectivity index (χ3n) is 8.27. The van der Waals surface area contributed by atoms with Crippen molar-refractivity contribution in [3.63, 3.8) is 0 Å². The van der Waals surface area contributed by atoms with Gasteiger partial charge in [0, 0.05) is 29.4 Å². The summed E-state index contributed by atoms with van der Waals surface area (Å²) in [6.45, 7) is 22.1. The van der Waals surface area contributed by atoms with Gasteiger partial charge in [-0.15, -0.1) is 0 Å². The van der Waals surface area contributed by atoms with E-state index in [0.717, 1.165) is 22.3 Å². The second kappa shape index (κ2) is 11.7. The average molecular weight is 558 g/mol. The van der Waals surface area contributed by atoms with Crippen molar-refractivity contribution in [3.8, 4) is 0 Å². The van der Waals surface area contributed by atoms with E-state index in [2.05, 4.69) is 147 Å². The summed E-state index contributed by atoms with van der Waals surface area (Å²) in [6, 6.07) is 25.4. The van der Waals surface area contributed by atoms with Gasteiger partial charge in [-0.1, -0.05) is 141 Å². The fourth-order valence-corrected chi connectivity index (χ4v) is 5.56. The van der Waals surface area contributed by atoms with Crippen molar-refractivity contribution in [3.05, 3.63) is 149 Å². The number of aliphatic hydroxyl groups is 1. The minimum absolute atomic E-state index is 0.0580. The number of allylic oxidation sites excluding steroid dienone is 8. The number of hydrogen-bond acceptors (Lipinski definition) is 2. The fraction of sp³-hybridized carbons (Fsp3) is 0.300. The quantitative estimate of drug-likeness (QED) is 0.241. The van der Waals surface area contributed by atoms with Crippen molar-refractivity contribution in [2.24, 2.45) is 0 Å². The molecule has 0 saturated heterocycles. The van der Waals surface area contributed by atoms with Gasteiger partial charge in [-0.05, 0) is 68.5 Å². The highest BCUT2D eigenvalue weighted by Gasteiger charge is 2.37. The molecule has 1 heterocycles. The van der Waals surface area contributed by atoms with Gasteiger partial charge in [0.05, 0.1) is 0 Å². The van der Waals surface area contributed by atoms with Crippen LogP contribution in [0, 0.1) is 0 Å². The SMILES string of the molecule is C=C(/C=C/C=C1/N(C)c2ccccc2C1(C)C)/C=C(\C=C(/O)c1ccc(C(C)(C)C)cc1)c1ccc(C(C)(C)C)cc1. The highest BCUT2D eigenvalue weighted by molar-refractivity contribution is 5.83. The molecule has 2 heteroatoms. The minimum Gasteiger partial charge on any atom is -0.507 e. The lowest BCUT2D eigenvalue weighted by Gasteiger charge is -2.23. The molecule has 218 valence electrons. The van der Waals surface area contributed by atoms with Crippen LogP contribution < -0.4 is 4.90 Å². The number of para-hydroxylation sites is 1. The average Bonchev–Trinajstić information content (AvgIpc) is 3.12. The third-order valence-corrected chi connectivity index (χ3v) is 8.27. The van der Waals surface area contributed by atoms with E-state index in [4.69, 9.17) is 0 Å². The number of anilines is 1. The Balaban J connectivity index is 1.66. The second-order valence-electron chi connectivity index (χ2n) is 14.0. The Bertz CT molecular complexity index is 1560. The van der Waals surface area contributed by atoms with Crippen molar-refractivity contribution in [1.82, 2.24) is 0 Å². The standard InChI is InChI=1S/C40H47NO/c1-28(14-13-17-37-40(8,9)34-15-11-12-16-35(34)41(37)10)26-31(29-18-22-32(23-19-29)38(2,3)4)27-36(42)30-20-24-33(25-21-30)39(5,6)7/h11-27,42H,1H2,2-10H3/b14-13+,31-26+,36-27-,37-17+. The molecule has 0 saturated carbocycles. The van der Waals surface area contributed by atoms with Crippen LogP contribution >= 0.6 is 0 Å². The Morgan fingerprint density at radius 2 is 1.29 bits per heavy atom. The first-order valence-corrected chi connectivity index (χ1v) is 14.8.